The molecule has 21 heavy (non-hydrogen) atoms. The molecule has 0 aliphatic rings. The SMILES string of the molecule is COC(=O)c1nn(-c2ccc(OC(C)C)cc2)ccc1=O. The third kappa shape index (κ3) is 3.47. The van der Waals surface area contributed by atoms with Crippen LogP contribution in [0.4, 0.5) is 0 Å². The van der Waals surface area contributed by atoms with E-state index in [-0.39, 0.29) is 11.8 Å². The molecule has 0 atom stereocenters. The number of benzene rings is 1. The van der Waals surface area contributed by atoms with Crippen LogP contribution in [-0.4, -0.2) is 29.0 Å². The standard InChI is InChI=1S/C15H16N2O4/c1-10(2)21-12-6-4-11(5-7-12)17-9-8-13(18)14(16-17)15(19)20-3/h4-10H,1-3H3. The third-order valence-corrected chi connectivity index (χ3v) is 2.66. The number of carbonyl (C=O) groups excluding carboxylic acids is 1. The second-order valence-corrected chi connectivity index (χ2v) is 4.63. The first-order chi connectivity index (χ1) is 10.0. The molecule has 2 rings (SSSR count). The first kappa shape index (κ1) is 14.8. The van der Waals surface area contributed by atoms with Crippen molar-refractivity contribution in [3.05, 3.63) is 52.4 Å². The van der Waals surface area contributed by atoms with Crippen molar-refractivity contribution < 1.29 is 14.3 Å². The van der Waals surface area contributed by atoms with Crippen LogP contribution in [0.2, 0.25) is 0 Å². The molecule has 2 aromatic rings. The summed E-state index contributed by atoms with van der Waals surface area (Å²) in [6.45, 7) is 3.89. The molecule has 1 heterocycles. The molecule has 0 N–H and O–H groups in total. The lowest BCUT2D eigenvalue weighted by atomic mass is 10.3. The predicted molar refractivity (Wildman–Crippen MR) is 76.9 cm³/mol. The van der Waals surface area contributed by atoms with E-state index in [1.165, 1.54) is 24.1 Å². The zero-order chi connectivity index (χ0) is 15.4. The molecule has 0 saturated heterocycles. The Morgan fingerprint density at radius 2 is 1.86 bits per heavy atom. The highest BCUT2D eigenvalue weighted by Crippen LogP contribution is 2.15. The van der Waals surface area contributed by atoms with Crippen LogP contribution >= 0.6 is 0 Å². The molecule has 0 spiro atoms. The van der Waals surface area contributed by atoms with E-state index < -0.39 is 11.4 Å². The maximum absolute atomic E-state index is 11.6. The minimum absolute atomic E-state index is 0.0901. The largest absolute Gasteiger partial charge is 0.491 e. The Balaban J connectivity index is 2.34. The van der Waals surface area contributed by atoms with Crippen LogP contribution in [0.15, 0.2) is 41.3 Å². The zero-order valence-electron chi connectivity index (χ0n) is 12.1. The Bertz CT molecular complexity index is 690. The van der Waals surface area contributed by atoms with Gasteiger partial charge < -0.3 is 9.47 Å². The van der Waals surface area contributed by atoms with Crippen molar-refractivity contribution in [3.8, 4) is 11.4 Å². The molecule has 6 heteroatoms. The topological polar surface area (TPSA) is 70.4 Å². The average molecular weight is 288 g/mol. The number of esters is 1. The summed E-state index contributed by atoms with van der Waals surface area (Å²) in [5.41, 5.74) is -0.0170. The van der Waals surface area contributed by atoms with Gasteiger partial charge in [0.05, 0.1) is 18.9 Å². The number of hydrogen-bond acceptors (Lipinski definition) is 5. The molecule has 1 aromatic heterocycles. The maximum atomic E-state index is 11.6. The zero-order valence-corrected chi connectivity index (χ0v) is 12.1. The van der Waals surface area contributed by atoms with E-state index in [4.69, 9.17) is 4.74 Å². The van der Waals surface area contributed by atoms with Gasteiger partial charge in [0.1, 0.15) is 5.75 Å². The van der Waals surface area contributed by atoms with Crippen molar-refractivity contribution in [2.45, 2.75) is 20.0 Å². The fourth-order valence-corrected chi connectivity index (χ4v) is 1.74. The monoisotopic (exact) mass is 288 g/mol. The molecule has 6 nitrogen and oxygen atoms in total. The van der Waals surface area contributed by atoms with Crippen LogP contribution < -0.4 is 10.2 Å². The van der Waals surface area contributed by atoms with Crippen LogP contribution in [0.5, 0.6) is 5.75 Å². The molecule has 0 bridgehead atoms. The van der Waals surface area contributed by atoms with Gasteiger partial charge in [-0.3, -0.25) is 4.79 Å². The van der Waals surface area contributed by atoms with E-state index in [1.54, 1.807) is 24.3 Å². The van der Waals surface area contributed by atoms with Crippen molar-refractivity contribution >= 4 is 5.97 Å². The molecule has 0 fully saturated rings. The number of ether oxygens (including phenoxy) is 2. The highest BCUT2D eigenvalue weighted by Gasteiger charge is 2.13. The number of nitrogens with zero attached hydrogens (tertiary/aromatic N) is 2. The van der Waals surface area contributed by atoms with Gasteiger partial charge in [0.15, 0.2) is 0 Å². The lowest BCUT2D eigenvalue weighted by Crippen LogP contribution is -2.21. The summed E-state index contributed by atoms with van der Waals surface area (Å²) >= 11 is 0. The summed E-state index contributed by atoms with van der Waals surface area (Å²) in [5.74, 6) is -0.0166. The number of aromatic nitrogens is 2. The predicted octanol–water partition coefficient (Wildman–Crippen LogP) is 1.81. The summed E-state index contributed by atoms with van der Waals surface area (Å²) in [5, 5.41) is 3.99. The van der Waals surface area contributed by atoms with Crippen molar-refractivity contribution in [1.29, 1.82) is 0 Å². The maximum Gasteiger partial charge on any atom is 0.362 e. The fraction of sp³-hybridized carbons (Fsp3) is 0.267. The molecule has 110 valence electrons. The van der Waals surface area contributed by atoms with E-state index in [9.17, 15) is 9.59 Å². The molecule has 0 amide bonds. The molecule has 0 radical (unpaired) electrons. The molecule has 0 saturated carbocycles. The summed E-state index contributed by atoms with van der Waals surface area (Å²) in [7, 11) is 1.21. The van der Waals surface area contributed by atoms with Crippen LogP contribution in [-0.2, 0) is 4.74 Å². The lowest BCUT2D eigenvalue weighted by Gasteiger charge is -2.11. The molecular formula is C15H16N2O4. The number of carbonyl (C=O) groups is 1. The van der Waals surface area contributed by atoms with E-state index in [0.717, 1.165) is 5.75 Å². The number of hydrogen-bond donors (Lipinski definition) is 0. The Morgan fingerprint density at radius 1 is 1.19 bits per heavy atom. The Hall–Kier alpha value is -2.63. The highest BCUT2D eigenvalue weighted by atomic mass is 16.5. The molecule has 0 aliphatic carbocycles. The number of methoxy groups -OCH3 is 1. The van der Waals surface area contributed by atoms with Gasteiger partial charge in [0.2, 0.25) is 11.1 Å². The Labute approximate surface area is 121 Å². The van der Waals surface area contributed by atoms with Gasteiger partial charge in [-0.05, 0) is 38.1 Å². The Kier molecular flexibility index (Phi) is 4.37. The van der Waals surface area contributed by atoms with E-state index >= 15 is 0 Å². The average Bonchev–Trinajstić information content (AvgIpc) is 2.47. The summed E-state index contributed by atoms with van der Waals surface area (Å²) in [6, 6.07) is 8.45. The molecule has 1 aromatic carbocycles. The minimum Gasteiger partial charge on any atom is -0.491 e. The van der Waals surface area contributed by atoms with E-state index in [1.807, 2.05) is 13.8 Å². The van der Waals surface area contributed by atoms with Gasteiger partial charge in [-0.1, -0.05) is 0 Å². The fourth-order valence-electron chi connectivity index (χ4n) is 1.74. The minimum atomic E-state index is -0.755. The second-order valence-electron chi connectivity index (χ2n) is 4.63. The Morgan fingerprint density at radius 3 is 2.43 bits per heavy atom. The first-order valence-electron chi connectivity index (χ1n) is 6.46. The molecular weight excluding hydrogens is 272 g/mol. The van der Waals surface area contributed by atoms with Gasteiger partial charge in [0, 0.05) is 12.3 Å². The van der Waals surface area contributed by atoms with Gasteiger partial charge in [0.25, 0.3) is 0 Å². The normalized spacial score (nSPS) is 10.5. The van der Waals surface area contributed by atoms with Crippen molar-refractivity contribution in [2.24, 2.45) is 0 Å². The van der Waals surface area contributed by atoms with Crippen molar-refractivity contribution in [3.63, 3.8) is 0 Å². The van der Waals surface area contributed by atoms with Gasteiger partial charge >= 0.3 is 5.97 Å². The van der Waals surface area contributed by atoms with E-state index in [0.29, 0.717) is 5.69 Å². The van der Waals surface area contributed by atoms with Crippen LogP contribution in [0.1, 0.15) is 24.3 Å². The third-order valence-electron chi connectivity index (χ3n) is 2.66. The van der Waals surface area contributed by atoms with Gasteiger partial charge in [-0.15, -0.1) is 0 Å². The van der Waals surface area contributed by atoms with Gasteiger partial charge in [-0.25, -0.2) is 9.48 Å². The van der Waals surface area contributed by atoms with Crippen molar-refractivity contribution in [2.75, 3.05) is 7.11 Å². The first-order valence-corrected chi connectivity index (χ1v) is 6.46. The molecule has 0 unspecified atom stereocenters. The molecule has 0 aliphatic heterocycles. The van der Waals surface area contributed by atoms with E-state index in [2.05, 4.69) is 9.84 Å². The van der Waals surface area contributed by atoms with Crippen LogP contribution in [0.3, 0.4) is 0 Å². The quantitative estimate of drug-likeness (QED) is 0.802. The summed E-state index contributed by atoms with van der Waals surface area (Å²) in [4.78, 5) is 23.1. The van der Waals surface area contributed by atoms with Crippen LogP contribution in [0, 0.1) is 0 Å². The second kappa shape index (κ2) is 6.21. The van der Waals surface area contributed by atoms with Crippen molar-refractivity contribution in [1.82, 2.24) is 9.78 Å². The van der Waals surface area contributed by atoms with Gasteiger partial charge in [-0.2, -0.15) is 5.10 Å². The highest BCUT2D eigenvalue weighted by molar-refractivity contribution is 5.86. The number of rotatable bonds is 4. The van der Waals surface area contributed by atoms with Crippen LogP contribution in [0.25, 0.3) is 5.69 Å². The smallest absolute Gasteiger partial charge is 0.362 e. The summed E-state index contributed by atoms with van der Waals surface area (Å²) in [6.07, 6.45) is 1.58. The summed E-state index contributed by atoms with van der Waals surface area (Å²) < 4.78 is 11.5. The lowest BCUT2D eigenvalue weighted by molar-refractivity contribution is 0.0590.